The highest BCUT2D eigenvalue weighted by Crippen LogP contribution is 2.19. The minimum atomic E-state index is -0.0653. The van der Waals surface area contributed by atoms with Crippen LogP contribution in [0.25, 0.3) is 12.2 Å². The van der Waals surface area contributed by atoms with E-state index in [1.165, 1.54) is 6.92 Å². The Morgan fingerprint density at radius 2 is 1.74 bits per heavy atom. The molecule has 0 fully saturated rings. The fourth-order valence-corrected chi connectivity index (χ4v) is 1.97. The Morgan fingerprint density at radius 3 is 2.42 bits per heavy atom. The van der Waals surface area contributed by atoms with Crippen molar-refractivity contribution in [2.75, 3.05) is 5.32 Å². The standard InChI is InChI=1S/C16H14BrNO/c1-12(19)18-16-5-3-2-4-14(16)9-6-13-7-10-15(17)11-8-13/h2-11H,1H3,(H,18,19)/b9-6+. The molecular formula is C16H14BrNO. The number of halogens is 1. The zero-order valence-corrected chi connectivity index (χ0v) is 12.1. The Morgan fingerprint density at radius 1 is 1.05 bits per heavy atom. The number of nitrogens with one attached hydrogen (secondary N) is 1. The van der Waals surface area contributed by atoms with Gasteiger partial charge in [-0.25, -0.2) is 0 Å². The van der Waals surface area contributed by atoms with E-state index >= 15 is 0 Å². The Balaban J connectivity index is 2.22. The van der Waals surface area contributed by atoms with E-state index in [0.29, 0.717) is 0 Å². The van der Waals surface area contributed by atoms with Gasteiger partial charge in [-0.05, 0) is 29.3 Å². The molecule has 2 rings (SSSR count). The molecule has 0 unspecified atom stereocenters. The summed E-state index contributed by atoms with van der Waals surface area (Å²) in [4.78, 5) is 11.1. The maximum atomic E-state index is 11.1. The summed E-state index contributed by atoms with van der Waals surface area (Å²) in [5.41, 5.74) is 2.92. The maximum Gasteiger partial charge on any atom is 0.221 e. The van der Waals surface area contributed by atoms with Gasteiger partial charge in [-0.2, -0.15) is 0 Å². The minimum absolute atomic E-state index is 0.0653. The molecule has 0 aliphatic heterocycles. The van der Waals surface area contributed by atoms with Crippen molar-refractivity contribution in [1.82, 2.24) is 0 Å². The molecule has 1 N–H and O–H groups in total. The van der Waals surface area contributed by atoms with E-state index in [-0.39, 0.29) is 5.91 Å². The van der Waals surface area contributed by atoms with E-state index < -0.39 is 0 Å². The van der Waals surface area contributed by atoms with Gasteiger partial charge in [0.15, 0.2) is 0 Å². The normalized spacial score (nSPS) is 10.6. The molecule has 19 heavy (non-hydrogen) atoms. The molecule has 0 saturated carbocycles. The number of rotatable bonds is 3. The zero-order chi connectivity index (χ0) is 13.7. The number of hydrogen-bond acceptors (Lipinski definition) is 1. The molecule has 96 valence electrons. The van der Waals surface area contributed by atoms with Crippen LogP contribution in [0.2, 0.25) is 0 Å². The molecule has 0 heterocycles. The second-order valence-corrected chi connectivity index (χ2v) is 5.07. The van der Waals surface area contributed by atoms with Gasteiger partial charge in [-0.15, -0.1) is 0 Å². The number of anilines is 1. The van der Waals surface area contributed by atoms with Gasteiger partial charge in [-0.3, -0.25) is 4.79 Å². The van der Waals surface area contributed by atoms with Crippen LogP contribution >= 0.6 is 15.9 Å². The van der Waals surface area contributed by atoms with Crippen LogP contribution in [0, 0.1) is 0 Å². The summed E-state index contributed by atoms with van der Waals surface area (Å²) < 4.78 is 1.06. The lowest BCUT2D eigenvalue weighted by Crippen LogP contribution is -2.06. The van der Waals surface area contributed by atoms with Gasteiger partial charge in [0.25, 0.3) is 0 Å². The van der Waals surface area contributed by atoms with Crippen LogP contribution in [-0.4, -0.2) is 5.91 Å². The summed E-state index contributed by atoms with van der Waals surface area (Å²) in [5, 5.41) is 2.82. The van der Waals surface area contributed by atoms with Gasteiger partial charge < -0.3 is 5.32 Å². The third kappa shape index (κ3) is 4.07. The number of hydrogen-bond donors (Lipinski definition) is 1. The van der Waals surface area contributed by atoms with Crippen LogP contribution in [0.1, 0.15) is 18.1 Å². The lowest BCUT2D eigenvalue weighted by molar-refractivity contribution is -0.114. The first-order chi connectivity index (χ1) is 9.15. The average Bonchev–Trinajstić information content (AvgIpc) is 2.39. The lowest BCUT2D eigenvalue weighted by atomic mass is 10.1. The fraction of sp³-hybridized carbons (Fsp3) is 0.0625. The van der Waals surface area contributed by atoms with Gasteiger partial charge in [0.2, 0.25) is 5.91 Å². The second kappa shape index (κ2) is 6.34. The molecule has 0 saturated heterocycles. The quantitative estimate of drug-likeness (QED) is 0.825. The number of benzene rings is 2. The first-order valence-corrected chi connectivity index (χ1v) is 6.75. The van der Waals surface area contributed by atoms with Crippen molar-refractivity contribution >= 4 is 39.7 Å². The molecule has 0 spiro atoms. The van der Waals surface area contributed by atoms with Gasteiger partial charge in [-0.1, -0.05) is 58.4 Å². The van der Waals surface area contributed by atoms with E-state index in [1.807, 2.05) is 60.7 Å². The smallest absolute Gasteiger partial charge is 0.221 e. The summed E-state index contributed by atoms with van der Waals surface area (Å²) in [6.07, 6.45) is 4.02. The van der Waals surface area contributed by atoms with Crippen molar-refractivity contribution < 1.29 is 4.79 Å². The van der Waals surface area contributed by atoms with Gasteiger partial charge in [0.05, 0.1) is 0 Å². The van der Waals surface area contributed by atoms with Crippen molar-refractivity contribution in [2.24, 2.45) is 0 Å². The number of carbonyl (C=O) groups is 1. The second-order valence-electron chi connectivity index (χ2n) is 4.15. The molecule has 2 aromatic carbocycles. The molecule has 0 radical (unpaired) electrons. The monoisotopic (exact) mass is 315 g/mol. The lowest BCUT2D eigenvalue weighted by Gasteiger charge is -2.05. The van der Waals surface area contributed by atoms with E-state index in [4.69, 9.17) is 0 Å². The third-order valence-electron chi connectivity index (χ3n) is 2.60. The van der Waals surface area contributed by atoms with Crippen LogP contribution in [-0.2, 0) is 4.79 Å². The number of para-hydroxylation sites is 1. The predicted molar refractivity (Wildman–Crippen MR) is 83.8 cm³/mol. The molecule has 0 aromatic heterocycles. The first-order valence-electron chi connectivity index (χ1n) is 5.95. The fourth-order valence-electron chi connectivity index (χ4n) is 1.71. The van der Waals surface area contributed by atoms with Crippen LogP contribution in [0.5, 0.6) is 0 Å². The summed E-state index contributed by atoms with van der Waals surface area (Å²) in [7, 11) is 0. The average molecular weight is 316 g/mol. The van der Waals surface area contributed by atoms with Gasteiger partial charge in [0, 0.05) is 17.1 Å². The van der Waals surface area contributed by atoms with Crippen molar-refractivity contribution in [3.05, 3.63) is 64.1 Å². The summed E-state index contributed by atoms with van der Waals surface area (Å²) in [6.45, 7) is 1.51. The molecule has 2 aromatic rings. The highest BCUT2D eigenvalue weighted by atomic mass is 79.9. The Hall–Kier alpha value is -1.87. The first kappa shape index (κ1) is 13.6. The highest BCUT2D eigenvalue weighted by molar-refractivity contribution is 9.10. The van der Waals surface area contributed by atoms with Crippen molar-refractivity contribution in [3.8, 4) is 0 Å². The van der Waals surface area contributed by atoms with Crippen molar-refractivity contribution in [1.29, 1.82) is 0 Å². The van der Waals surface area contributed by atoms with Gasteiger partial charge in [0.1, 0.15) is 0 Å². The maximum absolute atomic E-state index is 11.1. The zero-order valence-electron chi connectivity index (χ0n) is 10.6. The largest absolute Gasteiger partial charge is 0.326 e. The minimum Gasteiger partial charge on any atom is -0.326 e. The Kier molecular flexibility index (Phi) is 4.53. The van der Waals surface area contributed by atoms with Crippen molar-refractivity contribution in [2.45, 2.75) is 6.92 Å². The molecule has 1 amide bonds. The molecule has 0 aliphatic carbocycles. The molecular weight excluding hydrogens is 302 g/mol. The SMILES string of the molecule is CC(=O)Nc1ccccc1/C=C/c1ccc(Br)cc1. The molecule has 0 bridgehead atoms. The van der Waals surface area contributed by atoms with E-state index in [9.17, 15) is 4.79 Å². The van der Waals surface area contributed by atoms with E-state index in [0.717, 1.165) is 21.3 Å². The van der Waals surface area contributed by atoms with Crippen molar-refractivity contribution in [3.63, 3.8) is 0 Å². The van der Waals surface area contributed by atoms with Crippen LogP contribution in [0.3, 0.4) is 0 Å². The van der Waals surface area contributed by atoms with Crippen LogP contribution < -0.4 is 5.32 Å². The van der Waals surface area contributed by atoms with E-state index in [2.05, 4.69) is 21.2 Å². The Labute approximate surface area is 121 Å². The Bertz CT molecular complexity index is 602. The van der Waals surface area contributed by atoms with Crippen LogP contribution in [0.4, 0.5) is 5.69 Å². The highest BCUT2D eigenvalue weighted by Gasteiger charge is 1.99. The van der Waals surface area contributed by atoms with Crippen LogP contribution in [0.15, 0.2) is 53.0 Å². The van der Waals surface area contributed by atoms with E-state index in [1.54, 1.807) is 0 Å². The molecule has 2 nitrogen and oxygen atoms in total. The topological polar surface area (TPSA) is 29.1 Å². The third-order valence-corrected chi connectivity index (χ3v) is 3.13. The molecule has 3 heteroatoms. The predicted octanol–water partition coefficient (Wildman–Crippen LogP) is 4.58. The summed E-state index contributed by atoms with van der Waals surface area (Å²) >= 11 is 3.41. The number of carbonyl (C=O) groups excluding carboxylic acids is 1. The summed E-state index contributed by atoms with van der Waals surface area (Å²) in [5.74, 6) is -0.0653. The molecule has 0 aliphatic rings. The summed E-state index contributed by atoms with van der Waals surface area (Å²) in [6, 6.07) is 15.8. The van der Waals surface area contributed by atoms with Gasteiger partial charge >= 0.3 is 0 Å². The molecule has 0 atom stereocenters. The number of amides is 1.